The smallest absolute Gasteiger partial charge is 0.342 e. The minimum Gasteiger partial charge on any atom is -0.496 e. The highest BCUT2D eigenvalue weighted by atomic mass is 79.9. The first-order valence-electron chi connectivity index (χ1n) is 10.4. The van der Waals surface area contributed by atoms with Crippen LogP contribution < -0.4 is 9.47 Å². The molecule has 36 heavy (non-hydrogen) atoms. The minimum absolute atomic E-state index is 0.0420. The molecule has 7 nitrogen and oxygen atoms in total. The van der Waals surface area contributed by atoms with Crippen LogP contribution in [0, 0.1) is 0 Å². The lowest BCUT2D eigenvalue weighted by Crippen LogP contribution is -1.98. The van der Waals surface area contributed by atoms with Gasteiger partial charge in [-0.3, -0.25) is 5.10 Å². The van der Waals surface area contributed by atoms with Crippen LogP contribution in [0.2, 0.25) is 10.0 Å². The van der Waals surface area contributed by atoms with Crippen molar-refractivity contribution in [3.63, 3.8) is 0 Å². The molecule has 4 aromatic rings. The van der Waals surface area contributed by atoms with Crippen LogP contribution in [0.3, 0.4) is 0 Å². The molecule has 0 fully saturated rings. The Kier molecular flexibility index (Phi) is 8.58. The first-order valence-corrected chi connectivity index (χ1v) is 12.7. The van der Waals surface area contributed by atoms with Gasteiger partial charge in [-0.2, -0.15) is 0 Å². The second-order valence-electron chi connectivity index (χ2n) is 7.33. The van der Waals surface area contributed by atoms with E-state index in [0.717, 1.165) is 17.3 Å². The fourth-order valence-corrected chi connectivity index (χ4v) is 4.64. The second kappa shape index (κ2) is 11.8. The number of aliphatic carboxylic acids is 1. The van der Waals surface area contributed by atoms with Gasteiger partial charge in [0, 0.05) is 10.0 Å². The van der Waals surface area contributed by atoms with Gasteiger partial charge in [-0.25, -0.2) is 9.78 Å². The van der Waals surface area contributed by atoms with Gasteiger partial charge in [-0.05, 0) is 87.4 Å². The molecule has 3 aromatic carbocycles. The molecule has 2 N–H and O–H groups in total. The Morgan fingerprint density at radius 2 is 1.81 bits per heavy atom. The Morgan fingerprint density at radius 1 is 1.08 bits per heavy atom. The SMILES string of the molecule is COc1ccc(Cl)cc1-c1nc(S/C(=C\c2ccc(OCc3ccc(Cl)cc3)c(Br)c2)C(=O)O)n[nH]1. The van der Waals surface area contributed by atoms with Crippen molar-refractivity contribution in [2.24, 2.45) is 0 Å². The van der Waals surface area contributed by atoms with E-state index in [-0.39, 0.29) is 10.1 Å². The molecule has 0 saturated heterocycles. The number of hydrogen-bond donors (Lipinski definition) is 2. The number of benzene rings is 3. The first-order chi connectivity index (χ1) is 17.3. The van der Waals surface area contributed by atoms with Crippen molar-refractivity contribution in [1.29, 1.82) is 0 Å². The third kappa shape index (κ3) is 6.61. The van der Waals surface area contributed by atoms with Crippen LogP contribution in [0.15, 0.2) is 75.2 Å². The fourth-order valence-electron chi connectivity index (χ4n) is 3.13. The number of halogens is 3. The van der Waals surface area contributed by atoms with Gasteiger partial charge in [0.2, 0.25) is 5.16 Å². The predicted octanol–water partition coefficient (Wildman–Crippen LogP) is 7.35. The Hall–Kier alpha value is -2.98. The van der Waals surface area contributed by atoms with E-state index in [1.165, 1.54) is 13.2 Å². The number of ether oxygens (including phenoxy) is 2. The summed E-state index contributed by atoms with van der Waals surface area (Å²) in [4.78, 5) is 16.4. The van der Waals surface area contributed by atoms with Crippen molar-refractivity contribution in [1.82, 2.24) is 15.2 Å². The monoisotopic (exact) mass is 605 g/mol. The molecule has 1 aromatic heterocycles. The summed E-state index contributed by atoms with van der Waals surface area (Å²) in [5.74, 6) is 0.488. The summed E-state index contributed by atoms with van der Waals surface area (Å²) in [6.07, 6.45) is 1.54. The summed E-state index contributed by atoms with van der Waals surface area (Å²) in [5.41, 5.74) is 2.25. The number of aromatic nitrogens is 3. The number of methoxy groups -OCH3 is 1. The number of nitrogens with one attached hydrogen (secondary N) is 1. The molecule has 0 amide bonds. The van der Waals surface area contributed by atoms with E-state index in [0.29, 0.717) is 49.6 Å². The van der Waals surface area contributed by atoms with Crippen LogP contribution in [0.5, 0.6) is 11.5 Å². The number of H-pyrrole nitrogens is 1. The number of carboxylic acids is 1. The highest BCUT2D eigenvalue weighted by Crippen LogP contribution is 2.34. The van der Waals surface area contributed by atoms with Crippen LogP contribution >= 0.6 is 50.9 Å². The van der Waals surface area contributed by atoms with Crippen LogP contribution in [0.4, 0.5) is 0 Å². The number of thioether (sulfide) groups is 1. The molecule has 0 aliphatic carbocycles. The average Bonchev–Trinajstić information content (AvgIpc) is 3.32. The fraction of sp³-hybridized carbons (Fsp3) is 0.0800. The van der Waals surface area contributed by atoms with Crippen LogP contribution in [-0.2, 0) is 11.4 Å². The zero-order valence-electron chi connectivity index (χ0n) is 18.7. The summed E-state index contributed by atoms with van der Waals surface area (Å²) in [6, 6.07) is 17.8. The molecule has 4 rings (SSSR count). The van der Waals surface area contributed by atoms with Crippen molar-refractivity contribution < 1.29 is 19.4 Å². The summed E-state index contributed by atoms with van der Waals surface area (Å²) in [7, 11) is 1.54. The Labute approximate surface area is 229 Å². The standard InChI is InChI=1S/C25H18BrCl2N3O4S/c1-34-20-9-7-17(28)12-18(20)23-29-25(31-30-23)36-22(24(32)33)11-15-4-8-21(19(26)10-15)35-13-14-2-5-16(27)6-3-14/h2-12H,13H2,1H3,(H,32,33)(H,29,30,31)/b22-11-. The summed E-state index contributed by atoms with van der Waals surface area (Å²) in [5, 5.41) is 18.1. The van der Waals surface area contributed by atoms with Gasteiger partial charge in [-0.15, -0.1) is 5.10 Å². The zero-order valence-corrected chi connectivity index (χ0v) is 22.6. The Morgan fingerprint density at radius 3 is 2.50 bits per heavy atom. The lowest BCUT2D eigenvalue weighted by Gasteiger charge is -2.09. The molecule has 184 valence electrons. The summed E-state index contributed by atoms with van der Waals surface area (Å²) in [6.45, 7) is 0.367. The van der Waals surface area contributed by atoms with Crippen LogP contribution in [-0.4, -0.2) is 33.4 Å². The van der Waals surface area contributed by atoms with Gasteiger partial charge < -0.3 is 14.6 Å². The highest BCUT2D eigenvalue weighted by Gasteiger charge is 2.17. The van der Waals surface area contributed by atoms with Gasteiger partial charge in [0.25, 0.3) is 0 Å². The number of carbonyl (C=O) groups is 1. The normalized spacial score (nSPS) is 11.4. The molecule has 0 aliphatic heterocycles. The predicted molar refractivity (Wildman–Crippen MR) is 145 cm³/mol. The van der Waals surface area contributed by atoms with Crippen molar-refractivity contribution in [2.45, 2.75) is 11.8 Å². The molecule has 0 spiro atoms. The number of nitrogens with zero attached hydrogens (tertiary/aromatic N) is 2. The molecule has 1 heterocycles. The molecule has 0 bridgehead atoms. The van der Waals surface area contributed by atoms with E-state index in [9.17, 15) is 9.90 Å². The zero-order chi connectivity index (χ0) is 25.7. The first kappa shape index (κ1) is 26.1. The van der Waals surface area contributed by atoms with Crippen molar-refractivity contribution in [2.75, 3.05) is 7.11 Å². The van der Waals surface area contributed by atoms with E-state index in [4.69, 9.17) is 32.7 Å². The molecular formula is C25H18BrCl2N3O4S. The third-order valence-corrected chi connectivity index (χ3v) is 6.84. The molecule has 0 aliphatic rings. The third-order valence-electron chi connectivity index (χ3n) is 4.85. The summed E-state index contributed by atoms with van der Waals surface area (Å²) < 4.78 is 11.9. The van der Waals surface area contributed by atoms with Crippen LogP contribution in [0.1, 0.15) is 11.1 Å². The van der Waals surface area contributed by atoms with E-state index < -0.39 is 5.97 Å². The number of aromatic amines is 1. The lowest BCUT2D eigenvalue weighted by atomic mass is 10.2. The Balaban J connectivity index is 1.50. The van der Waals surface area contributed by atoms with Gasteiger partial charge in [0.1, 0.15) is 23.0 Å². The average molecular weight is 607 g/mol. The topological polar surface area (TPSA) is 97.3 Å². The highest BCUT2D eigenvalue weighted by molar-refractivity contribution is 9.10. The molecule has 0 saturated carbocycles. The van der Waals surface area contributed by atoms with E-state index in [1.807, 2.05) is 12.1 Å². The number of carboxylic acid groups (broad SMARTS) is 1. The molecule has 0 radical (unpaired) electrons. The summed E-state index contributed by atoms with van der Waals surface area (Å²) >= 11 is 16.4. The van der Waals surface area contributed by atoms with E-state index >= 15 is 0 Å². The maximum atomic E-state index is 11.9. The maximum absolute atomic E-state index is 11.9. The van der Waals surface area contributed by atoms with Crippen molar-refractivity contribution in [3.8, 4) is 22.9 Å². The molecule has 11 heteroatoms. The van der Waals surface area contributed by atoms with Gasteiger partial charge >= 0.3 is 5.97 Å². The molecular weight excluding hydrogens is 589 g/mol. The van der Waals surface area contributed by atoms with Gasteiger partial charge in [-0.1, -0.05) is 41.4 Å². The number of hydrogen-bond acceptors (Lipinski definition) is 6. The second-order valence-corrected chi connectivity index (χ2v) is 10.1. The lowest BCUT2D eigenvalue weighted by molar-refractivity contribution is -0.131. The quantitative estimate of drug-likeness (QED) is 0.152. The Bertz CT molecular complexity index is 1430. The molecule has 0 unspecified atom stereocenters. The van der Waals surface area contributed by atoms with E-state index in [1.54, 1.807) is 48.5 Å². The number of rotatable bonds is 9. The largest absolute Gasteiger partial charge is 0.496 e. The van der Waals surface area contributed by atoms with Crippen molar-refractivity contribution >= 4 is 62.9 Å². The maximum Gasteiger partial charge on any atom is 0.342 e. The van der Waals surface area contributed by atoms with Crippen LogP contribution in [0.25, 0.3) is 17.5 Å². The molecule has 0 atom stereocenters. The minimum atomic E-state index is -1.11. The van der Waals surface area contributed by atoms with Gasteiger partial charge in [0.15, 0.2) is 5.82 Å². The van der Waals surface area contributed by atoms with E-state index in [2.05, 4.69) is 31.1 Å². The van der Waals surface area contributed by atoms with Gasteiger partial charge in [0.05, 0.1) is 17.1 Å². The van der Waals surface area contributed by atoms with Crippen molar-refractivity contribution in [3.05, 3.63) is 91.2 Å².